The van der Waals surface area contributed by atoms with Gasteiger partial charge >= 0.3 is 0 Å². The summed E-state index contributed by atoms with van der Waals surface area (Å²) < 4.78 is 19.1. The van der Waals surface area contributed by atoms with Gasteiger partial charge in [-0.3, -0.25) is 9.89 Å². The summed E-state index contributed by atoms with van der Waals surface area (Å²) in [5, 5.41) is 6.85. The smallest absolute Gasteiger partial charge is 0.191 e. The molecule has 3 rings (SSSR count). The molecular formula is C23H31FN4OS. The number of ether oxygens (including phenoxy) is 1. The first kappa shape index (κ1) is 22.6. The Labute approximate surface area is 183 Å². The molecule has 0 radical (unpaired) electrons. The molecule has 0 spiro atoms. The predicted octanol–water partition coefficient (Wildman–Crippen LogP) is 3.43. The highest BCUT2D eigenvalue weighted by molar-refractivity contribution is 7.97. The lowest BCUT2D eigenvalue weighted by Crippen LogP contribution is -2.46. The molecule has 1 fully saturated rings. The second-order valence-corrected chi connectivity index (χ2v) is 8.09. The number of halogens is 1. The maximum atomic E-state index is 13.6. The van der Waals surface area contributed by atoms with Crippen LogP contribution in [0.4, 0.5) is 4.39 Å². The molecule has 1 unspecified atom stereocenters. The van der Waals surface area contributed by atoms with Crippen molar-refractivity contribution in [2.75, 3.05) is 46.2 Å². The molecule has 1 atom stereocenters. The Hall–Kier alpha value is -2.09. The number of thioether (sulfide) groups is 1. The van der Waals surface area contributed by atoms with Gasteiger partial charge in [-0.1, -0.05) is 36.4 Å². The van der Waals surface area contributed by atoms with Crippen LogP contribution < -0.4 is 10.6 Å². The van der Waals surface area contributed by atoms with E-state index in [1.54, 1.807) is 24.9 Å². The molecule has 0 aliphatic carbocycles. The van der Waals surface area contributed by atoms with E-state index in [1.165, 1.54) is 11.6 Å². The normalized spacial score (nSPS) is 16.3. The molecular weight excluding hydrogens is 399 g/mol. The van der Waals surface area contributed by atoms with Crippen LogP contribution in [-0.4, -0.2) is 57.0 Å². The lowest BCUT2D eigenvalue weighted by atomic mass is 10.0. The van der Waals surface area contributed by atoms with Crippen molar-refractivity contribution in [3.63, 3.8) is 0 Å². The van der Waals surface area contributed by atoms with E-state index in [2.05, 4.69) is 44.8 Å². The van der Waals surface area contributed by atoms with E-state index >= 15 is 0 Å². The van der Waals surface area contributed by atoms with Crippen molar-refractivity contribution >= 4 is 17.7 Å². The minimum Gasteiger partial charge on any atom is -0.379 e. The Morgan fingerprint density at radius 2 is 1.90 bits per heavy atom. The molecule has 2 aromatic carbocycles. The van der Waals surface area contributed by atoms with E-state index < -0.39 is 0 Å². The molecule has 30 heavy (non-hydrogen) atoms. The number of hydrogen-bond donors (Lipinski definition) is 2. The molecule has 0 saturated carbocycles. The summed E-state index contributed by atoms with van der Waals surface area (Å²) in [6.45, 7) is 4.70. The zero-order valence-corrected chi connectivity index (χ0v) is 18.6. The van der Waals surface area contributed by atoms with Crippen molar-refractivity contribution in [2.24, 2.45) is 4.99 Å². The van der Waals surface area contributed by atoms with Crippen LogP contribution in [0.1, 0.15) is 22.7 Å². The predicted molar refractivity (Wildman–Crippen MR) is 123 cm³/mol. The average molecular weight is 431 g/mol. The minimum absolute atomic E-state index is 0.193. The number of hydrogen-bond acceptors (Lipinski definition) is 4. The van der Waals surface area contributed by atoms with Crippen molar-refractivity contribution in [3.8, 4) is 0 Å². The molecule has 162 valence electrons. The Morgan fingerprint density at radius 3 is 2.60 bits per heavy atom. The van der Waals surface area contributed by atoms with Crippen molar-refractivity contribution < 1.29 is 9.13 Å². The molecule has 1 saturated heterocycles. The van der Waals surface area contributed by atoms with Gasteiger partial charge in [0.2, 0.25) is 0 Å². The molecule has 0 aromatic heterocycles. The second-order valence-electron chi connectivity index (χ2n) is 7.23. The minimum atomic E-state index is -0.193. The largest absolute Gasteiger partial charge is 0.379 e. The van der Waals surface area contributed by atoms with Crippen molar-refractivity contribution in [1.82, 2.24) is 15.5 Å². The Morgan fingerprint density at radius 1 is 1.13 bits per heavy atom. The third-order valence-corrected chi connectivity index (χ3v) is 5.87. The van der Waals surface area contributed by atoms with Gasteiger partial charge in [0.05, 0.1) is 19.3 Å². The van der Waals surface area contributed by atoms with Crippen LogP contribution in [0.3, 0.4) is 0 Å². The molecule has 1 aliphatic heterocycles. The SMILES string of the molecule is CN=C(NCc1ccc(F)cc1CSC)NCC(c1ccccc1)N1CCOCC1. The first-order valence-corrected chi connectivity index (χ1v) is 11.7. The van der Waals surface area contributed by atoms with Gasteiger partial charge in [0, 0.05) is 39.0 Å². The number of rotatable bonds is 8. The van der Waals surface area contributed by atoms with E-state index in [0.29, 0.717) is 6.54 Å². The van der Waals surface area contributed by atoms with Gasteiger partial charge in [-0.15, -0.1) is 0 Å². The average Bonchev–Trinajstić information content (AvgIpc) is 2.79. The fraction of sp³-hybridized carbons (Fsp3) is 0.435. The van der Waals surface area contributed by atoms with E-state index in [4.69, 9.17) is 4.74 Å². The topological polar surface area (TPSA) is 48.9 Å². The van der Waals surface area contributed by atoms with Gasteiger partial charge in [0.15, 0.2) is 5.96 Å². The molecule has 7 heteroatoms. The van der Waals surface area contributed by atoms with Crippen LogP contribution in [0, 0.1) is 5.82 Å². The van der Waals surface area contributed by atoms with Crippen LogP contribution in [0.15, 0.2) is 53.5 Å². The third kappa shape index (κ3) is 6.45. The Balaban J connectivity index is 1.63. The van der Waals surface area contributed by atoms with Gasteiger partial charge in [-0.05, 0) is 35.1 Å². The maximum absolute atomic E-state index is 13.6. The number of morpholine rings is 1. The van der Waals surface area contributed by atoms with Crippen LogP contribution in [0.25, 0.3) is 0 Å². The maximum Gasteiger partial charge on any atom is 0.191 e. The quantitative estimate of drug-likeness (QED) is 0.496. The second kappa shape index (κ2) is 11.9. The zero-order valence-electron chi connectivity index (χ0n) is 17.7. The zero-order chi connectivity index (χ0) is 21.2. The van der Waals surface area contributed by atoms with Crippen LogP contribution in [-0.2, 0) is 17.0 Å². The fourth-order valence-electron chi connectivity index (χ4n) is 3.67. The van der Waals surface area contributed by atoms with E-state index in [9.17, 15) is 4.39 Å². The van der Waals surface area contributed by atoms with Crippen LogP contribution in [0.5, 0.6) is 0 Å². The summed E-state index contributed by atoms with van der Waals surface area (Å²) in [6.07, 6.45) is 2.03. The summed E-state index contributed by atoms with van der Waals surface area (Å²) in [5.74, 6) is 1.33. The molecule has 5 nitrogen and oxygen atoms in total. The number of nitrogens with zero attached hydrogens (tertiary/aromatic N) is 2. The third-order valence-electron chi connectivity index (χ3n) is 5.27. The summed E-state index contributed by atoms with van der Waals surface area (Å²) >= 11 is 1.69. The number of guanidine groups is 1. The first-order valence-electron chi connectivity index (χ1n) is 10.3. The monoisotopic (exact) mass is 430 g/mol. The summed E-state index contributed by atoms with van der Waals surface area (Å²) in [4.78, 5) is 6.83. The highest BCUT2D eigenvalue weighted by Gasteiger charge is 2.22. The summed E-state index contributed by atoms with van der Waals surface area (Å²) in [7, 11) is 1.77. The van der Waals surface area contributed by atoms with Gasteiger partial charge in [-0.25, -0.2) is 4.39 Å². The molecule has 1 heterocycles. The number of benzene rings is 2. The lowest BCUT2D eigenvalue weighted by molar-refractivity contribution is 0.0170. The Bertz CT molecular complexity index is 812. The fourth-order valence-corrected chi connectivity index (χ4v) is 4.25. The standard InChI is InChI=1S/C23H31FN4OS/c1-25-23(26-15-19-8-9-21(24)14-20(19)17-30-2)27-16-22(18-6-4-3-5-7-18)28-10-12-29-13-11-28/h3-9,14,22H,10-13,15-17H2,1-2H3,(H2,25,26,27). The molecule has 0 amide bonds. The molecule has 2 N–H and O–H groups in total. The van der Waals surface area contributed by atoms with Crippen molar-refractivity contribution in [1.29, 1.82) is 0 Å². The van der Waals surface area contributed by atoms with Crippen LogP contribution >= 0.6 is 11.8 Å². The summed E-state index contributed by atoms with van der Waals surface area (Å²) in [6, 6.07) is 15.8. The molecule has 0 bridgehead atoms. The highest BCUT2D eigenvalue weighted by Crippen LogP contribution is 2.21. The van der Waals surface area contributed by atoms with Gasteiger partial charge in [0.25, 0.3) is 0 Å². The Kier molecular flexibility index (Phi) is 8.99. The summed E-state index contributed by atoms with van der Waals surface area (Å²) in [5.41, 5.74) is 3.38. The van der Waals surface area contributed by atoms with Gasteiger partial charge in [0.1, 0.15) is 5.82 Å². The van der Waals surface area contributed by atoms with E-state index in [0.717, 1.165) is 55.7 Å². The van der Waals surface area contributed by atoms with Gasteiger partial charge in [-0.2, -0.15) is 11.8 Å². The van der Waals surface area contributed by atoms with Gasteiger partial charge < -0.3 is 15.4 Å². The van der Waals surface area contributed by atoms with E-state index in [-0.39, 0.29) is 11.9 Å². The highest BCUT2D eigenvalue weighted by atomic mass is 32.2. The molecule has 1 aliphatic rings. The molecule has 2 aromatic rings. The van der Waals surface area contributed by atoms with E-state index in [1.807, 2.05) is 18.4 Å². The first-order chi connectivity index (χ1) is 14.7. The van der Waals surface area contributed by atoms with Crippen molar-refractivity contribution in [2.45, 2.75) is 18.3 Å². The lowest BCUT2D eigenvalue weighted by Gasteiger charge is -2.35. The van der Waals surface area contributed by atoms with Crippen molar-refractivity contribution in [3.05, 3.63) is 71.0 Å². The number of nitrogens with one attached hydrogen (secondary N) is 2. The number of aliphatic imine (C=N–C) groups is 1. The van der Waals surface area contributed by atoms with Crippen LogP contribution in [0.2, 0.25) is 0 Å².